The van der Waals surface area contributed by atoms with Crippen molar-refractivity contribution in [3.05, 3.63) is 60.8 Å². The molecule has 0 aliphatic heterocycles. The van der Waals surface area contributed by atoms with Crippen molar-refractivity contribution >= 4 is 17.9 Å². The van der Waals surface area contributed by atoms with E-state index in [1.54, 1.807) is 0 Å². The minimum Gasteiger partial charge on any atom is -0.462 e. The van der Waals surface area contributed by atoms with Crippen LogP contribution in [0.3, 0.4) is 0 Å². The van der Waals surface area contributed by atoms with Crippen molar-refractivity contribution in [2.24, 2.45) is 0 Å². The Bertz CT molecular complexity index is 1040. The third-order valence-corrected chi connectivity index (χ3v) is 10.5. The number of esters is 3. The van der Waals surface area contributed by atoms with E-state index >= 15 is 0 Å². The van der Waals surface area contributed by atoms with Crippen LogP contribution in [0.2, 0.25) is 0 Å². The zero-order valence-electron chi connectivity index (χ0n) is 38.8. The van der Waals surface area contributed by atoms with E-state index in [9.17, 15) is 14.4 Å². The van der Waals surface area contributed by atoms with Crippen LogP contribution in [0.4, 0.5) is 0 Å². The molecule has 0 amide bonds. The molecule has 0 rings (SSSR count). The van der Waals surface area contributed by atoms with Gasteiger partial charge in [0.1, 0.15) is 13.2 Å². The van der Waals surface area contributed by atoms with Gasteiger partial charge in [0.05, 0.1) is 0 Å². The van der Waals surface area contributed by atoms with Crippen LogP contribution >= 0.6 is 0 Å². The van der Waals surface area contributed by atoms with Gasteiger partial charge < -0.3 is 14.2 Å². The number of allylic oxidation sites excluding steroid dienone is 10. The molecule has 59 heavy (non-hydrogen) atoms. The summed E-state index contributed by atoms with van der Waals surface area (Å²) in [6.45, 7) is 6.48. The van der Waals surface area contributed by atoms with Crippen LogP contribution < -0.4 is 0 Å². The largest absolute Gasteiger partial charge is 0.462 e. The molecule has 0 saturated carbocycles. The van der Waals surface area contributed by atoms with Crippen LogP contribution in [0, 0.1) is 0 Å². The molecule has 6 heteroatoms. The molecule has 0 aromatic carbocycles. The summed E-state index contributed by atoms with van der Waals surface area (Å²) >= 11 is 0. The lowest BCUT2D eigenvalue weighted by Crippen LogP contribution is -2.30. The van der Waals surface area contributed by atoms with Gasteiger partial charge in [-0.05, 0) is 64.2 Å². The minimum atomic E-state index is -0.786. The van der Waals surface area contributed by atoms with Crippen molar-refractivity contribution in [1.82, 2.24) is 0 Å². The fourth-order valence-corrected chi connectivity index (χ4v) is 6.82. The lowest BCUT2D eigenvalue weighted by molar-refractivity contribution is -0.167. The first-order valence-corrected chi connectivity index (χ1v) is 24.8. The summed E-state index contributed by atoms with van der Waals surface area (Å²) in [5.74, 6) is -0.915. The SMILES string of the molecule is CC/C=C\C/C=C\C/C=C\C/C=C\C/C=C\CCCCCC(=O)OC(COC(=O)CCCCCCCCCCCCC)COC(=O)CCCCCCCCCCCCC. The Labute approximate surface area is 364 Å². The highest BCUT2D eigenvalue weighted by Crippen LogP contribution is 2.15. The molecule has 0 bridgehead atoms. The van der Waals surface area contributed by atoms with Crippen LogP contribution in [0.5, 0.6) is 0 Å². The Morgan fingerprint density at radius 1 is 0.356 bits per heavy atom. The first kappa shape index (κ1) is 56.1. The molecule has 0 spiro atoms. The third kappa shape index (κ3) is 46.0. The molecular weight excluding hydrogens is 733 g/mol. The Morgan fingerprint density at radius 2 is 0.661 bits per heavy atom. The molecule has 0 aliphatic rings. The number of ether oxygens (including phenoxy) is 3. The van der Waals surface area contributed by atoms with Crippen molar-refractivity contribution in [3.63, 3.8) is 0 Å². The second kappa shape index (κ2) is 47.8. The Kier molecular flexibility index (Phi) is 45.4. The van der Waals surface area contributed by atoms with Gasteiger partial charge in [-0.1, -0.05) is 216 Å². The lowest BCUT2D eigenvalue weighted by Gasteiger charge is -2.18. The predicted octanol–water partition coefficient (Wildman–Crippen LogP) is 16.1. The maximum Gasteiger partial charge on any atom is 0.306 e. The molecule has 0 atom stereocenters. The molecular formula is C53H92O6. The van der Waals surface area contributed by atoms with Crippen molar-refractivity contribution in [2.45, 2.75) is 245 Å². The normalized spacial score (nSPS) is 12.1. The topological polar surface area (TPSA) is 78.9 Å². The Morgan fingerprint density at radius 3 is 1.03 bits per heavy atom. The third-order valence-electron chi connectivity index (χ3n) is 10.5. The minimum absolute atomic E-state index is 0.0849. The van der Waals surface area contributed by atoms with Crippen LogP contribution in [0.1, 0.15) is 239 Å². The van der Waals surface area contributed by atoms with Gasteiger partial charge in [0.2, 0.25) is 0 Å². The highest BCUT2D eigenvalue weighted by molar-refractivity contribution is 5.71. The van der Waals surface area contributed by atoms with Crippen LogP contribution in [-0.4, -0.2) is 37.2 Å². The van der Waals surface area contributed by atoms with Gasteiger partial charge in [-0.2, -0.15) is 0 Å². The zero-order valence-corrected chi connectivity index (χ0v) is 38.8. The number of carbonyl (C=O) groups excluding carboxylic acids is 3. The van der Waals surface area contributed by atoms with Crippen molar-refractivity contribution in [3.8, 4) is 0 Å². The Balaban J connectivity index is 4.42. The van der Waals surface area contributed by atoms with Crippen LogP contribution in [0.15, 0.2) is 60.8 Å². The van der Waals surface area contributed by atoms with Crippen molar-refractivity contribution < 1.29 is 28.6 Å². The smallest absolute Gasteiger partial charge is 0.306 e. The van der Waals surface area contributed by atoms with Gasteiger partial charge in [0.25, 0.3) is 0 Å². The van der Waals surface area contributed by atoms with Crippen LogP contribution in [0.25, 0.3) is 0 Å². The lowest BCUT2D eigenvalue weighted by atomic mass is 10.1. The highest BCUT2D eigenvalue weighted by atomic mass is 16.6. The van der Waals surface area contributed by atoms with Gasteiger partial charge in [0, 0.05) is 19.3 Å². The standard InChI is InChI=1S/C53H92O6/c1-4-7-10-13-16-19-22-23-24-25-26-27-28-29-32-35-38-41-44-47-53(56)59-50(48-57-51(54)45-42-39-36-33-30-20-17-14-11-8-5-2)49-58-52(55)46-43-40-37-34-31-21-18-15-12-9-6-3/h7,10,16,19,23-24,26-27,29,32,50H,4-6,8-9,11-15,17-18,20-22,25,28,30-31,33-49H2,1-3H3/b10-7-,19-16-,24-23-,27-26-,32-29-. The highest BCUT2D eigenvalue weighted by Gasteiger charge is 2.19. The monoisotopic (exact) mass is 825 g/mol. The maximum atomic E-state index is 12.8. The molecule has 0 aromatic rings. The van der Waals surface area contributed by atoms with E-state index in [1.807, 2.05) is 0 Å². The molecule has 340 valence electrons. The average molecular weight is 825 g/mol. The van der Waals surface area contributed by atoms with Gasteiger partial charge in [-0.25, -0.2) is 0 Å². The molecule has 0 aliphatic carbocycles. The predicted molar refractivity (Wildman–Crippen MR) is 251 cm³/mol. The second-order valence-corrected chi connectivity index (χ2v) is 16.4. The number of rotatable bonds is 44. The van der Waals surface area contributed by atoms with E-state index < -0.39 is 6.10 Å². The molecule has 0 saturated heterocycles. The van der Waals surface area contributed by atoms with Crippen molar-refractivity contribution in [2.75, 3.05) is 13.2 Å². The molecule has 0 aromatic heterocycles. The van der Waals surface area contributed by atoms with E-state index in [1.165, 1.54) is 103 Å². The molecule has 0 fully saturated rings. The summed E-state index contributed by atoms with van der Waals surface area (Å²) in [4.78, 5) is 37.8. The maximum absolute atomic E-state index is 12.8. The number of hydrogen-bond acceptors (Lipinski definition) is 6. The summed E-state index contributed by atoms with van der Waals surface area (Å²) in [6.07, 6.45) is 57.7. The van der Waals surface area contributed by atoms with E-state index in [2.05, 4.69) is 81.5 Å². The summed E-state index contributed by atoms with van der Waals surface area (Å²) < 4.78 is 16.7. The number of unbranched alkanes of at least 4 members (excludes halogenated alkanes) is 23. The molecule has 0 N–H and O–H groups in total. The quantitative estimate of drug-likeness (QED) is 0.0263. The van der Waals surface area contributed by atoms with Crippen LogP contribution in [-0.2, 0) is 28.6 Å². The summed E-state index contributed by atoms with van der Waals surface area (Å²) in [6, 6.07) is 0. The Hall–Kier alpha value is -2.89. The van der Waals surface area contributed by atoms with E-state index in [4.69, 9.17) is 14.2 Å². The summed E-state index contributed by atoms with van der Waals surface area (Å²) in [7, 11) is 0. The zero-order chi connectivity index (χ0) is 43.0. The van der Waals surface area contributed by atoms with Gasteiger partial charge in [0.15, 0.2) is 6.10 Å². The average Bonchev–Trinajstić information content (AvgIpc) is 3.23. The first-order chi connectivity index (χ1) is 29.0. The number of hydrogen-bond donors (Lipinski definition) is 0. The summed E-state index contributed by atoms with van der Waals surface area (Å²) in [5, 5.41) is 0. The fraction of sp³-hybridized carbons (Fsp3) is 0.755. The molecule has 0 heterocycles. The summed E-state index contributed by atoms with van der Waals surface area (Å²) in [5.41, 5.74) is 0. The molecule has 0 unspecified atom stereocenters. The first-order valence-electron chi connectivity index (χ1n) is 24.8. The second-order valence-electron chi connectivity index (χ2n) is 16.4. The van der Waals surface area contributed by atoms with Gasteiger partial charge >= 0.3 is 17.9 Å². The van der Waals surface area contributed by atoms with E-state index in [0.717, 1.165) is 96.3 Å². The van der Waals surface area contributed by atoms with Gasteiger partial charge in [-0.3, -0.25) is 14.4 Å². The van der Waals surface area contributed by atoms with E-state index in [0.29, 0.717) is 19.3 Å². The molecule has 6 nitrogen and oxygen atoms in total. The number of carbonyl (C=O) groups is 3. The van der Waals surface area contributed by atoms with Crippen molar-refractivity contribution in [1.29, 1.82) is 0 Å². The van der Waals surface area contributed by atoms with E-state index in [-0.39, 0.29) is 31.1 Å². The fourth-order valence-electron chi connectivity index (χ4n) is 6.82. The van der Waals surface area contributed by atoms with Gasteiger partial charge in [-0.15, -0.1) is 0 Å². The molecule has 0 radical (unpaired) electrons.